The third-order valence-corrected chi connectivity index (χ3v) is 2.97. The zero-order chi connectivity index (χ0) is 10.2. The minimum atomic E-state index is -0.195. The minimum absolute atomic E-state index is 0.0744. The van der Waals surface area contributed by atoms with E-state index in [9.17, 15) is 4.79 Å². The summed E-state index contributed by atoms with van der Waals surface area (Å²) in [4.78, 5) is 11.8. The first kappa shape index (κ1) is 10.4. The summed E-state index contributed by atoms with van der Waals surface area (Å²) in [6.45, 7) is 5.97. The number of carbonyl (C=O) groups is 1. The predicted octanol–water partition coefficient (Wildman–Crippen LogP) is 0.823. The van der Waals surface area contributed by atoms with E-state index in [-0.39, 0.29) is 23.3 Å². The van der Waals surface area contributed by atoms with Gasteiger partial charge >= 0.3 is 0 Å². The lowest BCUT2D eigenvalue weighted by atomic mass is 10.1. The topological polar surface area (TPSA) is 55.1 Å². The first-order chi connectivity index (χ1) is 5.84. The monoisotopic (exact) mass is 200 g/mol. The van der Waals surface area contributed by atoms with Gasteiger partial charge in [-0.1, -0.05) is 26.1 Å². The Labute approximate surface area is 84.1 Å². The largest absolute Gasteiger partial charge is 0.392 e. The number of nitrogens with two attached hydrogens (primary N) is 1. The number of hydrogen-bond donors (Lipinski definition) is 2. The Morgan fingerprint density at radius 3 is 2.46 bits per heavy atom. The van der Waals surface area contributed by atoms with Gasteiger partial charge in [0.1, 0.15) is 0 Å². The van der Waals surface area contributed by atoms with Gasteiger partial charge in [-0.2, -0.15) is 0 Å². The molecule has 74 valence electrons. The molecule has 2 unspecified atom stereocenters. The molecule has 1 fully saturated rings. The fraction of sp³-hybridized carbons (Fsp3) is 0.778. The Morgan fingerprint density at radius 1 is 1.69 bits per heavy atom. The Hall–Kier alpha value is -0.640. The van der Waals surface area contributed by atoms with E-state index in [2.05, 4.69) is 19.2 Å². The number of hydrogen-bond acceptors (Lipinski definition) is 2. The molecule has 4 heteroatoms. The Bertz CT molecular complexity index is 250. The molecule has 3 N–H and O–H groups in total. The van der Waals surface area contributed by atoms with Crippen molar-refractivity contribution in [3.05, 3.63) is 0 Å². The summed E-state index contributed by atoms with van der Waals surface area (Å²) < 4.78 is 0. The van der Waals surface area contributed by atoms with Crippen molar-refractivity contribution in [3.8, 4) is 0 Å². The van der Waals surface area contributed by atoms with Crippen LogP contribution in [0, 0.1) is 11.3 Å². The molecule has 0 bridgehead atoms. The van der Waals surface area contributed by atoms with E-state index >= 15 is 0 Å². The molecule has 1 aliphatic rings. The van der Waals surface area contributed by atoms with Crippen LogP contribution in [0.3, 0.4) is 0 Å². The molecule has 1 aliphatic carbocycles. The van der Waals surface area contributed by atoms with E-state index in [4.69, 9.17) is 18.0 Å². The van der Waals surface area contributed by atoms with Gasteiger partial charge < -0.3 is 11.1 Å². The van der Waals surface area contributed by atoms with E-state index in [0.29, 0.717) is 4.99 Å². The van der Waals surface area contributed by atoms with Gasteiger partial charge in [0.25, 0.3) is 0 Å². The average molecular weight is 200 g/mol. The minimum Gasteiger partial charge on any atom is -0.392 e. The van der Waals surface area contributed by atoms with Crippen LogP contribution in [0.25, 0.3) is 0 Å². The summed E-state index contributed by atoms with van der Waals surface area (Å²) in [5.41, 5.74) is 5.56. The van der Waals surface area contributed by atoms with Gasteiger partial charge in [0.05, 0.1) is 11.0 Å². The van der Waals surface area contributed by atoms with E-state index in [1.807, 2.05) is 0 Å². The van der Waals surface area contributed by atoms with Crippen LogP contribution in [0.1, 0.15) is 27.2 Å². The summed E-state index contributed by atoms with van der Waals surface area (Å²) in [7, 11) is 0. The second kappa shape index (κ2) is 3.25. The predicted molar refractivity (Wildman–Crippen MR) is 56.3 cm³/mol. The molecule has 0 aromatic heterocycles. The fourth-order valence-corrected chi connectivity index (χ4v) is 1.36. The van der Waals surface area contributed by atoms with Crippen molar-refractivity contribution in [2.75, 3.05) is 0 Å². The number of amides is 1. The maximum atomic E-state index is 11.5. The molecule has 3 nitrogen and oxygen atoms in total. The molecule has 0 aromatic rings. The maximum Gasteiger partial charge on any atom is 0.224 e. The quantitative estimate of drug-likeness (QED) is 0.663. The lowest BCUT2D eigenvalue weighted by molar-refractivity contribution is -0.123. The van der Waals surface area contributed by atoms with Crippen molar-refractivity contribution in [2.24, 2.45) is 17.1 Å². The molecule has 1 rings (SSSR count). The van der Waals surface area contributed by atoms with Crippen LogP contribution in [0.4, 0.5) is 0 Å². The third-order valence-electron chi connectivity index (χ3n) is 2.62. The summed E-state index contributed by atoms with van der Waals surface area (Å²) in [6, 6.07) is -0.195. The van der Waals surface area contributed by atoms with Crippen LogP contribution in [-0.2, 0) is 4.79 Å². The van der Waals surface area contributed by atoms with Crippen molar-refractivity contribution in [1.29, 1.82) is 0 Å². The standard InChI is InChI=1S/C9H16N2OS/c1-5(7(10)13)11-8(12)6-4-9(6,2)3/h5-6H,4H2,1-3H3,(H2,10,13)(H,11,12). The maximum absolute atomic E-state index is 11.5. The number of thiocarbonyl (C=S) groups is 1. The van der Waals surface area contributed by atoms with Crippen LogP contribution < -0.4 is 11.1 Å². The highest BCUT2D eigenvalue weighted by molar-refractivity contribution is 7.80. The normalized spacial score (nSPS) is 26.2. The molecule has 0 saturated heterocycles. The van der Waals surface area contributed by atoms with Gasteiger partial charge in [-0.05, 0) is 18.8 Å². The lowest BCUT2D eigenvalue weighted by Gasteiger charge is -2.12. The third kappa shape index (κ3) is 2.40. The second-order valence-corrected chi connectivity index (χ2v) is 4.85. The Kier molecular flexibility index (Phi) is 2.61. The summed E-state index contributed by atoms with van der Waals surface area (Å²) in [6.07, 6.45) is 0.961. The van der Waals surface area contributed by atoms with Crippen LogP contribution in [0.5, 0.6) is 0 Å². The zero-order valence-corrected chi connectivity index (χ0v) is 9.07. The van der Waals surface area contributed by atoms with Crippen molar-refractivity contribution in [1.82, 2.24) is 5.32 Å². The molecular formula is C9H16N2OS. The SMILES string of the molecule is CC(NC(=O)C1CC1(C)C)C(N)=S. The molecule has 1 amide bonds. The van der Waals surface area contributed by atoms with Crippen LogP contribution in [-0.4, -0.2) is 16.9 Å². The fourth-order valence-electron chi connectivity index (χ4n) is 1.30. The summed E-state index contributed by atoms with van der Waals surface area (Å²) in [5, 5.41) is 2.79. The van der Waals surface area contributed by atoms with Gasteiger partial charge in [-0.15, -0.1) is 0 Å². The van der Waals surface area contributed by atoms with Gasteiger partial charge in [0, 0.05) is 5.92 Å². The van der Waals surface area contributed by atoms with Gasteiger partial charge in [0.15, 0.2) is 0 Å². The van der Waals surface area contributed by atoms with Crippen molar-refractivity contribution < 1.29 is 4.79 Å². The lowest BCUT2D eigenvalue weighted by Crippen LogP contribution is -2.42. The molecule has 0 radical (unpaired) electrons. The molecule has 0 aliphatic heterocycles. The van der Waals surface area contributed by atoms with E-state index in [1.165, 1.54) is 0 Å². The number of nitrogens with one attached hydrogen (secondary N) is 1. The molecular weight excluding hydrogens is 184 g/mol. The van der Waals surface area contributed by atoms with Gasteiger partial charge in [-0.25, -0.2) is 0 Å². The average Bonchev–Trinajstić information content (AvgIpc) is 2.59. The van der Waals surface area contributed by atoms with Crippen LogP contribution >= 0.6 is 12.2 Å². The first-order valence-electron chi connectivity index (χ1n) is 4.44. The highest BCUT2D eigenvalue weighted by atomic mass is 32.1. The highest BCUT2D eigenvalue weighted by Crippen LogP contribution is 2.51. The molecule has 0 aromatic carbocycles. The molecule has 0 heterocycles. The smallest absolute Gasteiger partial charge is 0.224 e. The van der Waals surface area contributed by atoms with Crippen molar-refractivity contribution in [3.63, 3.8) is 0 Å². The molecule has 0 spiro atoms. The molecule has 2 atom stereocenters. The van der Waals surface area contributed by atoms with Gasteiger partial charge in [0.2, 0.25) is 5.91 Å². The Balaban J connectivity index is 2.40. The van der Waals surface area contributed by atoms with Crippen molar-refractivity contribution >= 4 is 23.1 Å². The first-order valence-corrected chi connectivity index (χ1v) is 4.85. The zero-order valence-electron chi connectivity index (χ0n) is 8.26. The van der Waals surface area contributed by atoms with E-state index < -0.39 is 0 Å². The van der Waals surface area contributed by atoms with Crippen LogP contribution in [0.2, 0.25) is 0 Å². The van der Waals surface area contributed by atoms with Crippen molar-refractivity contribution in [2.45, 2.75) is 33.2 Å². The van der Waals surface area contributed by atoms with E-state index in [1.54, 1.807) is 6.92 Å². The van der Waals surface area contributed by atoms with Gasteiger partial charge in [-0.3, -0.25) is 4.79 Å². The number of carbonyl (C=O) groups excluding carboxylic acids is 1. The van der Waals surface area contributed by atoms with E-state index in [0.717, 1.165) is 6.42 Å². The van der Waals surface area contributed by atoms with Crippen LogP contribution in [0.15, 0.2) is 0 Å². The molecule has 1 saturated carbocycles. The number of rotatable bonds is 3. The second-order valence-electron chi connectivity index (χ2n) is 4.38. The summed E-state index contributed by atoms with van der Waals surface area (Å²) in [5.74, 6) is 0.217. The highest BCUT2D eigenvalue weighted by Gasteiger charge is 2.50. The summed E-state index contributed by atoms with van der Waals surface area (Å²) >= 11 is 4.76. The Morgan fingerprint density at radius 2 is 2.15 bits per heavy atom. The molecule has 13 heavy (non-hydrogen) atoms.